The van der Waals surface area contributed by atoms with Crippen LogP contribution in [-0.2, 0) is 0 Å². The number of fused-ring (bicyclic) bond motifs is 1. The number of halogens is 2. The number of hydrogen-bond donors (Lipinski definition) is 0. The molecule has 37 heavy (non-hydrogen) atoms. The van der Waals surface area contributed by atoms with Crippen LogP contribution >= 0.6 is 30.6 Å². The number of benzene rings is 3. The minimum atomic E-state index is -2.92. The van der Waals surface area contributed by atoms with Crippen molar-refractivity contribution in [2.75, 3.05) is 35.7 Å². The molecule has 4 rings (SSSR count). The molecule has 0 spiro atoms. The lowest BCUT2D eigenvalue weighted by atomic mass is 10.2. The van der Waals surface area contributed by atoms with Gasteiger partial charge in [0, 0.05) is 37.9 Å². The van der Waals surface area contributed by atoms with Crippen LogP contribution < -0.4 is 19.6 Å². The van der Waals surface area contributed by atoms with Gasteiger partial charge in [0.25, 0.3) is 0 Å². The molecule has 0 fully saturated rings. The van der Waals surface area contributed by atoms with Crippen molar-refractivity contribution in [1.82, 2.24) is 4.67 Å². The van der Waals surface area contributed by atoms with E-state index in [1.54, 1.807) is 22.9 Å². The van der Waals surface area contributed by atoms with Crippen LogP contribution in [0.25, 0.3) is 0 Å². The van der Waals surface area contributed by atoms with E-state index in [9.17, 15) is 4.79 Å². The highest BCUT2D eigenvalue weighted by Gasteiger charge is 2.46. The highest BCUT2D eigenvalue weighted by Crippen LogP contribution is 2.62. The lowest BCUT2D eigenvalue weighted by Crippen LogP contribution is -2.46. The first-order valence-corrected chi connectivity index (χ1v) is 15.0. The monoisotopic (exact) mass is 558 g/mol. The van der Waals surface area contributed by atoms with E-state index < -0.39 is 13.4 Å². The van der Waals surface area contributed by atoms with Crippen LogP contribution in [0.5, 0.6) is 5.75 Å². The molecule has 1 aliphatic rings. The molecule has 0 unspecified atom stereocenters. The van der Waals surface area contributed by atoms with Gasteiger partial charge < -0.3 is 9.64 Å². The van der Waals surface area contributed by atoms with Crippen LogP contribution in [-0.4, -0.2) is 36.9 Å². The molecule has 1 aliphatic heterocycles. The number of ether oxygens (including phenoxy) is 1. The van der Waals surface area contributed by atoms with Gasteiger partial charge in [0.1, 0.15) is 5.75 Å². The maximum Gasteiger partial charge on any atom is 0.425 e. The van der Waals surface area contributed by atoms with Gasteiger partial charge >= 0.3 is 6.09 Å². The Morgan fingerprint density at radius 3 is 2.14 bits per heavy atom. The second kappa shape index (κ2) is 11.5. The average Bonchev–Trinajstić information content (AvgIpc) is 2.88. The molecule has 0 bridgehead atoms. The number of aryl methyl sites for hydroxylation is 1. The summed E-state index contributed by atoms with van der Waals surface area (Å²) in [6.45, 7) is 13.5. The number of anilines is 2. The minimum Gasteiger partial charge on any atom is -0.409 e. The SMILES string of the molecule is CCN(CC)c1ccc2c(c1)OC(=O)N(c1ccc(Cl)c(Cl)c1)[P@@]2(=Nc1ccc(C)cc1)N(CC)CC. The third kappa shape index (κ3) is 5.13. The van der Waals surface area contributed by atoms with Gasteiger partial charge in [-0.25, -0.2) is 18.9 Å². The van der Waals surface area contributed by atoms with E-state index in [0.717, 1.165) is 35.3 Å². The highest BCUT2D eigenvalue weighted by atomic mass is 35.5. The lowest BCUT2D eigenvalue weighted by molar-refractivity contribution is 0.210. The van der Waals surface area contributed by atoms with Crippen LogP contribution in [0, 0.1) is 6.92 Å². The number of hydrogen-bond acceptors (Lipinski definition) is 4. The molecule has 1 amide bonds. The van der Waals surface area contributed by atoms with E-state index in [-0.39, 0.29) is 0 Å². The van der Waals surface area contributed by atoms with Gasteiger partial charge in [0.15, 0.2) is 7.36 Å². The average molecular weight is 559 g/mol. The van der Waals surface area contributed by atoms with E-state index >= 15 is 0 Å². The third-order valence-corrected chi connectivity index (χ3v) is 11.2. The molecule has 9 heteroatoms. The maximum atomic E-state index is 13.9. The molecule has 1 heterocycles. The Labute approximate surface area is 229 Å². The predicted octanol–water partition coefficient (Wildman–Crippen LogP) is 8.50. The van der Waals surface area contributed by atoms with Crippen molar-refractivity contribution in [2.24, 2.45) is 4.74 Å². The zero-order valence-corrected chi connectivity index (χ0v) is 24.3. The Bertz CT molecular complexity index is 1340. The summed E-state index contributed by atoms with van der Waals surface area (Å²) in [6, 6.07) is 19.4. The molecule has 196 valence electrons. The Morgan fingerprint density at radius 2 is 1.54 bits per heavy atom. The Kier molecular flexibility index (Phi) is 8.55. The first kappa shape index (κ1) is 27.5. The zero-order valence-electron chi connectivity index (χ0n) is 21.9. The van der Waals surface area contributed by atoms with Crippen molar-refractivity contribution in [3.8, 4) is 5.75 Å². The van der Waals surface area contributed by atoms with Gasteiger partial charge in [-0.05, 0) is 63.2 Å². The number of rotatable bonds is 8. The van der Waals surface area contributed by atoms with Gasteiger partial charge in [0.05, 0.1) is 26.7 Å². The summed E-state index contributed by atoms with van der Waals surface area (Å²) in [7, 11) is -2.92. The number of carbonyl (C=O) groups is 1. The minimum absolute atomic E-state index is 0.364. The maximum absolute atomic E-state index is 13.9. The van der Waals surface area contributed by atoms with Crippen molar-refractivity contribution < 1.29 is 9.53 Å². The normalized spacial score (nSPS) is 17.0. The molecule has 0 saturated heterocycles. The van der Waals surface area contributed by atoms with E-state index in [1.807, 2.05) is 37.3 Å². The Balaban J connectivity index is 2.10. The topological polar surface area (TPSA) is 48.4 Å². The molecule has 1 atom stereocenters. The Morgan fingerprint density at radius 1 is 0.865 bits per heavy atom. The molecule has 0 saturated carbocycles. The molecule has 3 aromatic carbocycles. The first-order chi connectivity index (χ1) is 17.8. The van der Waals surface area contributed by atoms with Gasteiger partial charge in [-0.1, -0.05) is 54.7 Å². The molecular formula is C28H33Cl2N4O2P. The van der Waals surface area contributed by atoms with E-state index in [1.165, 1.54) is 0 Å². The summed E-state index contributed by atoms with van der Waals surface area (Å²) in [6.07, 6.45) is -0.487. The fourth-order valence-corrected chi connectivity index (χ4v) is 8.72. The van der Waals surface area contributed by atoms with E-state index in [0.29, 0.717) is 34.6 Å². The highest BCUT2D eigenvalue weighted by molar-refractivity contribution is 7.74. The Hall–Kier alpha value is -2.50. The molecule has 6 nitrogen and oxygen atoms in total. The smallest absolute Gasteiger partial charge is 0.409 e. The van der Waals surface area contributed by atoms with Crippen molar-refractivity contribution in [1.29, 1.82) is 0 Å². The molecule has 3 aromatic rings. The molecule has 0 radical (unpaired) electrons. The van der Waals surface area contributed by atoms with E-state index in [4.69, 9.17) is 32.7 Å². The fourth-order valence-electron chi connectivity index (χ4n) is 4.69. The summed E-state index contributed by atoms with van der Waals surface area (Å²) in [5.41, 5.74) is 3.54. The number of nitrogens with zero attached hydrogens (tertiary/aromatic N) is 4. The van der Waals surface area contributed by atoms with Crippen LogP contribution in [0.4, 0.5) is 21.9 Å². The first-order valence-electron chi connectivity index (χ1n) is 12.6. The molecule has 0 aliphatic carbocycles. The lowest BCUT2D eigenvalue weighted by Gasteiger charge is -2.45. The summed E-state index contributed by atoms with van der Waals surface area (Å²) < 4.78 is 15.4. The van der Waals surface area contributed by atoms with Gasteiger partial charge in [-0.2, -0.15) is 0 Å². The molecule has 0 N–H and O–H groups in total. The predicted molar refractivity (Wildman–Crippen MR) is 158 cm³/mol. The van der Waals surface area contributed by atoms with Gasteiger partial charge in [-0.15, -0.1) is 0 Å². The van der Waals surface area contributed by atoms with Crippen molar-refractivity contribution in [3.63, 3.8) is 0 Å². The van der Waals surface area contributed by atoms with E-state index in [2.05, 4.69) is 49.4 Å². The van der Waals surface area contributed by atoms with Crippen molar-refractivity contribution in [3.05, 3.63) is 76.3 Å². The van der Waals surface area contributed by atoms with Crippen molar-refractivity contribution in [2.45, 2.75) is 34.6 Å². The standard InChI is InChI=1S/C28H33Cl2N4O2P/c1-6-32(7-2)22-15-17-27-26(19-22)36-28(35)34(23-14-16-24(29)25(30)18-23)37(27,33(8-3)9-4)31-21-12-10-20(5)11-13-21/h10-19H,6-9H2,1-5H3/t37-/m0/s1. The molecular weight excluding hydrogens is 526 g/mol. The van der Waals surface area contributed by atoms with Gasteiger partial charge in [0.2, 0.25) is 0 Å². The van der Waals surface area contributed by atoms with Crippen molar-refractivity contribution >= 4 is 59.0 Å². The molecule has 0 aromatic heterocycles. The summed E-state index contributed by atoms with van der Waals surface area (Å²) in [4.78, 5) is 16.2. The summed E-state index contributed by atoms with van der Waals surface area (Å²) in [5, 5.41) is 1.67. The second-order valence-corrected chi connectivity index (χ2v) is 12.3. The summed E-state index contributed by atoms with van der Waals surface area (Å²) >= 11 is 12.7. The number of amides is 1. The second-order valence-electron chi connectivity index (χ2n) is 8.75. The van der Waals surface area contributed by atoms with Gasteiger partial charge in [-0.3, -0.25) is 0 Å². The quantitative estimate of drug-likeness (QED) is 0.260. The zero-order chi connectivity index (χ0) is 26.7. The fraction of sp³-hybridized carbons (Fsp3) is 0.321. The third-order valence-electron chi connectivity index (χ3n) is 6.61. The van der Waals surface area contributed by atoms with Crippen LogP contribution in [0.2, 0.25) is 10.0 Å². The largest absolute Gasteiger partial charge is 0.425 e. The van der Waals surface area contributed by atoms with Crippen LogP contribution in [0.3, 0.4) is 0 Å². The van der Waals surface area contributed by atoms with Crippen LogP contribution in [0.15, 0.2) is 65.4 Å². The summed E-state index contributed by atoms with van der Waals surface area (Å²) in [5.74, 6) is 0.543. The van der Waals surface area contributed by atoms with Crippen LogP contribution in [0.1, 0.15) is 33.3 Å². The number of carbonyl (C=O) groups excluding carboxylic acids is 1.